The largest absolute Gasteiger partial charge is 0.573 e. The van der Waals surface area contributed by atoms with Crippen LogP contribution in [0.4, 0.5) is 39.5 Å². The number of phenols is 1. The zero-order chi connectivity index (χ0) is 101. The summed E-state index contributed by atoms with van der Waals surface area (Å²) < 4.78 is 153. The summed E-state index contributed by atoms with van der Waals surface area (Å²) in [5.41, 5.74) is 1.35. The number of halogens is 9. The van der Waals surface area contributed by atoms with E-state index in [0.29, 0.717) is 102 Å². The van der Waals surface area contributed by atoms with Gasteiger partial charge in [-0.25, -0.2) is 48.8 Å². The molecule has 2 unspecified atom stereocenters. The number of benzene rings is 3. The quantitative estimate of drug-likeness (QED) is 0.0640. The van der Waals surface area contributed by atoms with Gasteiger partial charge in [-0.05, 0) is 204 Å². The van der Waals surface area contributed by atoms with E-state index in [1.54, 1.807) is 23.1 Å². The number of hydrogen-bond acceptors (Lipinski definition) is 24. The molecule has 9 heterocycles. The maximum Gasteiger partial charge on any atom is 0.573 e. The van der Waals surface area contributed by atoms with Crippen LogP contribution in [0.15, 0.2) is 54.6 Å². The summed E-state index contributed by atoms with van der Waals surface area (Å²) in [7, 11) is 0. The van der Waals surface area contributed by atoms with E-state index >= 15 is 0 Å². The smallest absolute Gasteiger partial charge is 0.540 e. The molecule has 777 valence electrons. The van der Waals surface area contributed by atoms with Gasteiger partial charge in [0.1, 0.15) is 69.9 Å². The van der Waals surface area contributed by atoms with Gasteiger partial charge >= 0.3 is 37.3 Å². The second-order valence-corrected chi connectivity index (χ2v) is 42.9. The van der Waals surface area contributed by atoms with E-state index in [9.17, 15) is 87.8 Å². The number of carbonyl (C=O) groups is 6. The monoisotopic (exact) mass is 2110 g/mol. The number of hydrogen-bond donors (Lipinski definition) is 1. The first-order valence-corrected chi connectivity index (χ1v) is 49.3. The summed E-state index contributed by atoms with van der Waals surface area (Å²) in [5, 5.41) is 10.0. The fourth-order valence-electron chi connectivity index (χ4n) is 22.3. The Labute approximate surface area is 859 Å². The first-order valence-electron chi connectivity index (χ1n) is 49.3. The molecule has 4 aliphatic carbocycles. The van der Waals surface area contributed by atoms with E-state index < -0.39 is 130 Å². The van der Waals surface area contributed by atoms with Gasteiger partial charge in [0.2, 0.25) is 35.4 Å². The van der Waals surface area contributed by atoms with Gasteiger partial charge in [0.05, 0.1) is 89.8 Å². The molecular formula is C103H131F9N9O18V3-3. The van der Waals surface area contributed by atoms with Crippen molar-refractivity contribution in [2.45, 2.75) is 343 Å². The first-order chi connectivity index (χ1) is 65.5. The van der Waals surface area contributed by atoms with Crippen molar-refractivity contribution in [3.63, 3.8) is 0 Å². The number of carbonyl (C=O) groups excluding carboxylic acids is 9. The molecule has 3 radical (unpaired) electrons. The summed E-state index contributed by atoms with van der Waals surface area (Å²) in [4.78, 5) is 153. The topological polar surface area (TPSA) is 335 Å². The Morgan fingerprint density at radius 3 is 1.15 bits per heavy atom. The number of esters is 3. The number of amides is 3. The average Bonchev–Trinajstić information content (AvgIpc) is 1.60. The fraction of sp³-hybridized carbons (Fsp3) is 0.680. The Balaban J connectivity index is 0.000000213. The van der Waals surface area contributed by atoms with Crippen LogP contribution in [0.3, 0.4) is 0 Å². The van der Waals surface area contributed by atoms with Crippen LogP contribution in [-0.4, -0.2) is 197 Å². The normalized spacial score (nSPS) is 29.7. The molecule has 3 amide bonds. The molecule has 6 bridgehead atoms. The summed E-state index contributed by atoms with van der Waals surface area (Å²) in [6.07, 6.45) is 14.0. The molecule has 6 aliphatic heterocycles. The Bertz CT molecular complexity index is 5310. The fourth-order valence-corrected chi connectivity index (χ4v) is 22.3. The standard InChI is InChI=1S/C35H43F3N3O6.C35H45F3N3O6.C32H42N3O6.CHF3.3V/c1-5-21-28(18-42)41-17-30(21)46-32-26(39-25-12-11-20(15-27(25)40-32)47-35(36,37)38)10-8-6-7-9-22-23-13-19(23)14-29(22)45-31(43)16-24(33(41)44)34(2,3)4;1-6-23-28(20-42)41-19-29(23)45-31-26(39-25-15-14-22(17-27(25)40-31)46-35(36,37)38)13-9-7-8-11-21-12-10-16-34(21,5)47-30(43)18-24(32(41)44)33(2,3)4;1-6-21-26(18-36)35-17-27(21)40-29-24(33-23-13-12-20(37)14-25(23)34-29)11-9-7-8-10-19-16-32(19,5)41-28(38)15-22(30(35)39)31(2,3)4;2-1(3)4;;;/h11-12,15,19,21-24,28-30H,5-10,13-14,16-17H2,1-4H3;14-15,17,21,23-24,28-29H,6-13,16,18-19H2,1-5H3;12-14,19,21-22,26-27,37H,6-11,15-17H2,1-5H3;1H;;;/q3*-1;;;;/t19?,21-,22+,23?,24+,28+,29+,30-;21-,23+,24-,28-,29+,34-;19-,21+,22-,26-,27+,32-;;;;/m011..../s1. The molecular weight excluding hydrogens is 1970 g/mol. The number of phenolic OH excluding ortho intramolecular Hbond substituents is 1. The minimum absolute atomic E-state index is 0. The predicted octanol–water partition coefficient (Wildman–Crippen LogP) is 19.3. The molecule has 20 atom stereocenters. The summed E-state index contributed by atoms with van der Waals surface area (Å²) in [5.74, 6) is -3.49. The molecule has 6 aromatic rings. The number of aromatic hydroxyl groups is 1. The van der Waals surface area contributed by atoms with Crippen LogP contribution in [-0.2, 0) is 132 Å². The molecule has 3 saturated heterocycles. The average molecular weight is 2110 g/mol. The molecule has 3 aromatic carbocycles. The van der Waals surface area contributed by atoms with Crippen molar-refractivity contribution in [3.05, 3.63) is 71.7 Å². The van der Waals surface area contributed by atoms with Crippen molar-refractivity contribution in [1.82, 2.24) is 44.6 Å². The van der Waals surface area contributed by atoms with Gasteiger partial charge in [-0.15, -0.1) is 26.3 Å². The molecule has 142 heavy (non-hydrogen) atoms. The van der Waals surface area contributed by atoms with E-state index in [1.165, 1.54) is 52.6 Å². The van der Waals surface area contributed by atoms with E-state index in [4.69, 9.17) is 48.4 Å². The third-order valence-electron chi connectivity index (χ3n) is 30.2. The molecule has 3 aromatic heterocycles. The van der Waals surface area contributed by atoms with Crippen LogP contribution < -0.4 is 23.7 Å². The van der Waals surface area contributed by atoms with Crippen molar-refractivity contribution in [3.8, 4) is 34.9 Å². The van der Waals surface area contributed by atoms with Crippen molar-refractivity contribution in [1.29, 1.82) is 0 Å². The third-order valence-corrected chi connectivity index (χ3v) is 30.2. The van der Waals surface area contributed by atoms with Gasteiger partial charge in [-0.1, -0.05) is 159 Å². The minimum Gasteiger partial charge on any atom is -0.540 e. The zero-order valence-electron chi connectivity index (χ0n) is 83.0. The van der Waals surface area contributed by atoms with Crippen LogP contribution in [0, 0.1) is 81.3 Å². The molecule has 0 spiro atoms. The maximum atomic E-state index is 14.2. The number of alkyl halides is 9. The maximum absolute atomic E-state index is 14.2. The Morgan fingerprint density at radius 1 is 0.430 bits per heavy atom. The van der Waals surface area contributed by atoms with E-state index in [2.05, 4.69) is 38.3 Å². The molecule has 10 aliphatic rings. The van der Waals surface area contributed by atoms with Crippen molar-refractivity contribution < 1.29 is 181 Å². The molecule has 39 heteroatoms. The van der Waals surface area contributed by atoms with E-state index in [1.807, 2.05) is 96.9 Å². The van der Waals surface area contributed by atoms with Gasteiger partial charge < -0.3 is 72.1 Å². The predicted molar refractivity (Wildman–Crippen MR) is 492 cm³/mol. The molecule has 7 fully saturated rings. The Morgan fingerprint density at radius 2 is 0.782 bits per heavy atom. The van der Waals surface area contributed by atoms with Gasteiger partial charge in [0.15, 0.2) is 0 Å². The second kappa shape index (κ2) is 47.9. The molecule has 27 nitrogen and oxygen atoms in total. The van der Waals surface area contributed by atoms with Crippen molar-refractivity contribution in [2.24, 2.45) is 81.3 Å². The summed E-state index contributed by atoms with van der Waals surface area (Å²) in [6.45, 7) is 23.5. The molecule has 4 saturated carbocycles. The van der Waals surface area contributed by atoms with Crippen LogP contribution in [0.5, 0.6) is 34.9 Å². The summed E-state index contributed by atoms with van der Waals surface area (Å²) >= 11 is 0. The van der Waals surface area contributed by atoms with Gasteiger partial charge in [0.25, 0.3) is 0 Å². The third kappa shape index (κ3) is 28.4. The number of aryl methyl sites for hydroxylation is 3. The van der Waals surface area contributed by atoms with Crippen LogP contribution in [0.1, 0.15) is 268 Å². The van der Waals surface area contributed by atoms with Crippen molar-refractivity contribution in [2.75, 3.05) is 19.6 Å². The summed E-state index contributed by atoms with van der Waals surface area (Å²) in [6, 6.07) is 9.90. The number of fused-ring (bicyclic) bond motifs is 17. The number of ether oxygens (including phenoxy) is 8. The van der Waals surface area contributed by atoms with Gasteiger partial charge in [-0.3, -0.25) is 28.8 Å². The number of nitrogens with zero attached hydrogens (tertiary/aromatic N) is 9. The van der Waals surface area contributed by atoms with E-state index in [0.717, 1.165) is 115 Å². The first kappa shape index (κ1) is 115. The van der Waals surface area contributed by atoms with Crippen LogP contribution in [0.25, 0.3) is 33.1 Å². The van der Waals surface area contributed by atoms with Crippen LogP contribution >= 0.6 is 0 Å². The molecule has 16 rings (SSSR count). The van der Waals surface area contributed by atoms with E-state index in [-0.39, 0.29) is 171 Å². The second-order valence-electron chi connectivity index (χ2n) is 42.9. The number of aromatic nitrogens is 6. The van der Waals surface area contributed by atoms with Gasteiger partial charge in [-0.2, -0.15) is 13.2 Å². The Kier molecular flexibility index (Phi) is 39.0. The minimum atomic E-state index is -4.87. The Hall–Kier alpha value is -8.57. The SMILES string of the molecule is CC[C@@H]1[C@@H]2CN(C(=O)[C@H](C(C)(C)C)CC(=O)O[C@@H]3CC4CC4[C@H]3CCCCCc3nc4ccc(OC(F)(F)F)cc4nc3O2)[C@@H]1[C-]=O.CC[C@@H]1[C@@H]2CN(C(=O)[C@H](C(C)(C)C)CC(=O)O[C@]3(C)CCC[C@H]3CCCCCc3nc4ccc(OC(F)(F)F)cc4nc3O2)[C@@H]1[C-]=O.CC[C@@H]1[C@@H]2CN(C(=O)[C@H](C(C)(C)C)CC(=O)O[C@]3(C)C[C@H]3CCCCCc3nc4ccc(O)cc4nc3O2)[C@@H]1[C-]=O.FC(F)F.[V].[V].[V]. The van der Waals surface area contributed by atoms with Crippen molar-refractivity contribution >= 4 is 87.6 Å². The van der Waals surface area contributed by atoms with Crippen LogP contribution in [0.2, 0.25) is 0 Å². The number of rotatable bonds is 8. The zero-order valence-corrected chi connectivity index (χ0v) is 87.2. The molecule has 1 N–H and O–H groups in total. The van der Waals surface area contributed by atoms with Gasteiger partial charge in [0, 0.05) is 79.8 Å².